The summed E-state index contributed by atoms with van der Waals surface area (Å²) in [6, 6.07) is 8.48. The van der Waals surface area contributed by atoms with Crippen LogP contribution >= 0.6 is 11.6 Å². The molecule has 0 fully saturated rings. The van der Waals surface area contributed by atoms with Crippen molar-refractivity contribution in [3.8, 4) is 0 Å². The van der Waals surface area contributed by atoms with Crippen LogP contribution in [-0.4, -0.2) is 35.2 Å². The Hall–Kier alpha value is -0.610. The quantitative estimate of drug-likeness (QED) is 0.775. The van der Waals surface area contributed by atoms with Crippen LogP contribution in [0.3, 0.4) is 0 Å². The van der Waals surface area contributed by atoms with E-state index in [0.717, 1.165) is 30.0 Å². The van der Waals surface area contributed by atoms with Gasteiger partial charge in [0.15, 0.2) is 0 Å². The average Bonchev–Trinajstić information content (AvgIpc) is 2.42. The summed E-state index contributed by atoms with van der Waals surface area (Å²) < 4.78 is 0. The Bertz CT molecular complexity index is 398. The molecule has 3 N–H and O–H groups in total. The number of aliphatic hydroxyl groups is 1. The first-order chi connectivity index (χ1) is 9.51. The predicted octanol–water partition coefficient (Wildman–Crippen LogP) is 3.21. The highest BCUT2D eigenvalue weighted by atomic mass is 35.5. The lowest BCUT2D eigenvalue weighted by Crippen LogP contribution is -2.44. The highest BCUT2D eigenvalue weighted by molar-refractivity contribution is 6.30. The number of rotatable bonds is 8. The fourth-order valence-electron chi connectivity index (χ4n) is 2.57. The van der Waals surface area contributed by atoms with Gasteiger partial charge in [-0.25, -0.2) is 0 Å². The van der Waals surface area contributed by atoms with Gasteiger partial charge in [-0.1, -0.05) is 30.7 Å². The van der Waals surface area contributed by atoms with E-state index in [1.165, 1.54) is 0 Å². The monoisotopic (exact) mass is 298 g/mol. The first-order valence-electron chi connectivity index (χ1n) is 7.38. The second-order valence-electron chi connectivity index (χ2n) is 5.48. The van der Waals surface area contributed by atoms with Crippen LogP contribution in [0.2, 0.25) is 5.02 Å². The molecule has 1 rings (SSSR count). The third kappa shape index (κ3) is 4.74. The number of nitrogens with zero attached hydrogens (tertiary/aromatic N) is 1. The minimum Gasteiger partial charge on any atom is -0.396 e. The summed E-state index contributed by atoms with van der Waals surface area (Å²) in [5.74, 6) is 0. The Labute approximate surface area is 127 Å². The Morgan fingerprint density at radius 2 is 2.05 bits per heavy atom. The molecular weight excluding hydrogens is 272 g/mol. The maximum Gasteiger partial charge on any atom is 0.0502 e. The van der Waals surface area contributed by atoms with E-state index in [1.54, 1.807) is 0 Å². The number of nitrogens with two attached hydrogens (primary N) is 1. The zero-order valence-corrected chi connectivity index (χ0v) is 13.5. The summed E-state index contributed by atoms with van der Waals surface area (Å²) in [5.41, 5.74) is 7.51. The fraction of sp³-hybridized carbons (Fsp3) is 0.625. The fourth-order valence-corrected chi connectivity index (χ4v) is 2.77. The van der Waals surface area contributed by atoms with Crippen LogP contribution in [0.25, 0.3) is 0 Å². The second kappa shape index (κ2) is 8.63. The lowest BCUT2D eigenvalue weighted by molar-refractivity contribution is 0.118. The summed E-state index contributed by atoms with van der Waals surface area (Å²) >= 11 is 6.13. The smallest absolute Gasteiger partial charge is 0.0502 e. The largest absolute Gasteiger partial charge is 0.396 e. The van der Waals surface area contributed by atoms with Crippen LogP contribution in [0.1, 0.15) is 45.2 Å². The van der Waals surface area contributed by atoms with Crippen molar-refractivity contribution in [2.75, 3.05) is 13.2 Å². The molecule has 0 aromatic heterocycles. The minimum atomic E-state index is 0.0505. The molecule has 4 heteroatoms. The van der Waals surface area contributed by atoms with E-state index in [0.29, 0.717) is 6.04 Å². The first-order valence-corrected chi connectivity index (χ1v) is 7.76. The maximum atomic E-state index is 9.11. The van der Waals surface area contributed by atoms with Crippen molar-refractivity contribution in [2.24, 2.45) is 5.73 Å². The average molecular weight is 299 g/mol. The maximum absolute atomic E-state index is 9.11. The van der Waals surface area contributed by atoms with E-state index in [4.69, 9.17) is 22.4 Å². The van der Waals surface area contributed by atoms with Gasteiger partial charge in [0.1, 0.15) is 0 Å². The van der Waals surface area contributed by atoms with Crippen LogP contribution in [-0.2, 0) is 0 Å². The second-order valence-corrected chi connectivity index (χ2v) is 5.92. The lowest BCUT2D eigenvalue weighted by Gasteiger charge is -2.38. The molecule has 0 spiro atoms. The van der Waals surface area contributed by atoms with Crippen molar-refractivity contribution < 1.29 is 5.11 Å². The molecule has 2 atom stereocenters. The minimum absolute atomic E-state index is 0.0505. The molecule has 0 aliphatic heterocycles. The standard InChI is InChI=1S/C16H27ClN2O/c1-4-15(18)16(13-7-5-8-14(17)11-13)19(12(2)3)9-6-10-20/h5,7-8,11-12,15-16,20H,4,6,9-10,18H2,1-3H3. The first kappa shape index (κ1) is 17.4. The van der Waals surface area contributed by atoms with Gasteiger partial charge < -0.3 is 10.8 Å². The molecular formula is C16H27ClN2O. The van der Waals surface area contributed by atoms with E-state index in [-0.39, 0.29) is 18.7 Å². The van der Waals surface area contributed by atoms with Crippen LogP contribution in [0, 0.1) is 0 Å². The van der Waals surface area contributed by atoms with E-state index in [2.05, 4.69) is 31.7 Å². The van der Waals surface area contributed by atoms with Crippen LogP contribution < -0.4 is 5.73 Å². The molecule has 0 aliphatic rings. The van der Waals surface area contributed by atoms with E-state index in [9.17, 15) is 0 Å². The summed E-state index contributed by atoms with van der Waals surface area (Å²) in [4.78, 5) is 2.36. The SMILES string of the molecule is CCC(N)C(c1cccc(Cl)c1)N(CCCO)C(C)C. The molecule has 1 aromatic rings. The van der Waals surface area contributed by atoms with Crippen LogP contribution in [0.5, 0.6) is 0 Å². The summed E-state index contributed by atoms with van der Waals surface area (Å²) in [7, 11) is 0. The number of benzene rings is 1. The highest BCUT2D eigenvalue weighted by Gasteiger charge is 2.27. The molecule has 0 heterocycles. The van der Waals surface area contributed by atoms with Gasteiger partial charge >= 0.3 is 0 Å². The van der Waals surface area contributed by atoms with E-state index >= 15 is 0 Å². The van der Waals surface area contributed by atoms with Crippen molar-refractivity contribution >= 4 is 11.6 Å². The topological polar surface area (TPSA) is 49.5 Å². The van der Waals surface area contributed by atoms with E-state index < -0.39 is 0 Å². The third-order valence-electron chi connectivity index (χ3n) is 3.66. The molecule has 0 bridgehead atoms. The molecule has 20 heavy (non-hydrogen) atoms. The molecule has 114 valence electrons. The van der Waals surface area contributed by atoms with Gasteiger partial charge in [-0.3, -0.25) is 4.90 Å². The molecule has 3 nitrogen and oxygen atoms in total. The Morgan fingerprint density at radius 1 is 1.35 bits per heavy atom. The van der Waals surface area contributed by atoms with E-state index in [1.807, 2.05) is 18.2 Å². The van der Waals surface area contributed by atoms with Crippen LogP contribution in [0.15, 0.2) is 24.3 Å². The lowest BCUT2D eigenvalue weighted by atomic mass is 9.95. The van der Waals surface area contributed by atoms with Gasteiger partial charge in [0.25, 0.3) is 0 Å². The zero-order valence-electron chi connectivity index (χ0n) is 12.7. The van der Waals surface area contributed by atoms with Gasteiger partial charge in [-0.15, -0.1) is 0 Å². The zero-order chi connectivity index (χ0) is 15.1. The molecule has 0 aliphatic carbocycles. The molecule has 0 radical (unpaired) electrons. The summed E-state index contributed by atoms with van der Waals surface area (Å²) in [6.45, 7) is 7.47. The van der Waals surface area contributed by atoms with Crippen molar-refractivity contribution in [3.05, 3.63) is 34.9 Å². The molecule has 0 saturated carbocycles. The number of hydrogen-bond acceptors (Lipinski definition) is 3. The van der Waals surface area contributed by atoms with Gasteiger partial charge in [-0.2, -0.15) is 0 Å². The predicted molar refractivity (Wildman–Crippen MR) is 86.0 cm³/mol. The molecule has 2 unspecified atom stereocenters. The van der Waals surface area contributed by atoms with Crippen molar-refractivity contribution in [1.82, 2.24) is 4.90 Å². The van der Waals surface area contributed by atoms with Gasteiger partial charge in [0, 0.05) is 30.3 Å². The Kier molecular flexibility index (Phi) is 7.52. The van der Waals surface area contributed by atoms with Crippen molar-refractivity contribution in [1.29, 1.82) is 0 Å². The molecule has 0 saturated heterocycles. The summed E-state index contributed by atoms with van der Waals surface area (Å²) in [5, 5.41) is 9.85. The number of aliphatic hydroxyl groups excluding tert-OH is 1. The van der Waals surface area contributed by atoms with Crippen molar-refractivity contribution in [2.45, 2.75) is 51.7 Å². The van der Waals surface area contributed by atoms with Crippen LogP contribution in [0.4, 0.5) is 0 Å². The number of hydrogen-bond donors (Lipinski definition) is 2. The normalized spacial score (nSPS) is 14.8. The van der Waals surface area contributed by atoms with Gasteiger partial charge in [0.05, 0.1) is 6.04 Å². The molecule has 0 amide bonds. The van der Waals surface area contributed by atoms with Gasteiger partial charge in [0.2, 0.25) is 0 Å². The Balaban J connectivity index is 3.08. The van der Waals surface area contributed by atoms with Crippen molar-refractivity contribution in [3.63, 3.8) is 0 Å². The summed E-state index contributed by atoms with van der Waals surface area (Å²) in [6.07, 6.45) is 1.66. The number of halogens is 1. The highest BCUT2D eigenvalue weighted by Crippen LogP contribution is 2.29. The Morgan fingerprint density at radius 3 is 2.55 bits per heavy atom. The van der Waals surface area contributed by atoms with Gasteiger partial charge in [-0.05, 0) is 44.4 Å². The third-order valence-corrected chi connectivity index (χ3v) is 3.90. The molecule has 1 aromatic carbocycles.